The summed E-state index contributed by atoms with van der Waals surface area (Å²) < 4.78 is 9.90. The minimum absolute atomic E-state index is 0. The van der Waals surface area contributed by atoms with Gasteiger partial charge in [0.2, 0.25) is 0 Å². The number of nitrogens with one attached hydrogen (secondary N) is 1. The van der Waals surface area contributed by atoms with Gasteiger partial charge in [0.05, 0.1) is 19.2 Å². The molecule has 3 N–H and O–H groups in total. The number of benzene rings is 1. The third kappa shape index (κ3) is 8.18. The Morgan fingerprint density at radius 2 is 2.18 bits per heavy atom. The lowest BCUT2D eigenvalue weighted by molar-refractivity contribution is 0.0600. The predicted octanol–water partition coefficient (Wildman–Crippen LogP) is 1.92. The van der Waals surface area contributed by atoms with E-state index in [0.29, 0.717) is 24.7 Å². The third-order valence-corrected chi connectivity index (χ3v) is 2.76. The molecule has 0 aromatic heterocycles. The molecule has 1 aromatic carbocycles. The lowest BCUT2D eigenvalue weighted by Gasteiger charge is -2.06. The Morgan fingerprint density at radius 3 is 2.86 bits per heavy atom. The van der Waals surface area contributed by atoms with Crippen molar-refractivity contribution in [3.8, 4) is 0 Å². The van der Waals surface area contributed by atoms with E-state index in [9.17, 15) is 4.79 Å². The average molecular weight is 421 g/mol. The normalized spacial score (nSPS) is 10.7. The zero-order valence-corrected chi connectivity index (χ0v) is 15.3. The average Bonchev–Trinajstić information content (AvgIpc) is 2.52. The van der Waals surface area contributed by atoms with Gasteiger partial charge in [-0.3, -0.25) is 0 Å². The predicted molar refractivity (Wildman–Crippen MR) is 97.6 cm³/mol. The lowest BCUT2D eigenvalue weighted by atomic mass is 10.1. The summed E-state index contributed by atoms with van der Waals surface area (Å²) in [5.41, 5.74) is 7.17. The summed E-state index contributed by atoms with van der Waals surface area (Å²) in [4.78, 5) is 15.7. The van der Waals surface area contributed by atoms with E-state index in [1.807, 2.05) is 13.0 Å². The van der Waals surface area contributed by atoms with Crippen molar-refractivity contribution in [3.63, 3.8) is 0 Å². The number of methoxy groups -OCH3 is 1. The van der Waals surface area contributed by atoms with Gasteiger partial charge in [-0.1, -0.05) is 12.1 Å². The van der Waals surface area contributed by atoms with E-state index in [2.05, 4.69) is 15.0 Å². The van der Waals surface area contributed by atoms with Crippen LogP contribution in [0.15, 0.2) is 29.3 Å². The number of nitrogens with zero attached hydrogens (tertiary/aromatic N) is 1. The van der Waals surface area contributed by atoms with Gasteiger partial charge in [0.15, 0.2) is 5.96 Å². The molecular formula is C15H24IN3O3. The monoisotopic (exact) mass is 421 g/mol. The fraction of sp³-hybridized carbons (Fsp3) is 0.467. The number of rotatable bonds is 8. The number of esters is 1. The van der Waals surface area contributed by atoms with Crippen LogP contribution in [-0.2, 0) is 16.0 Å². The van der Waals surface area contributed by atoms with E-state index in [1.54, 1.807) is 18.2 Å². The second-order valence-electron chi connectivity index (χ2n) is 4.37. The second-order valence-corrected chi connectivity index (χ2v) is 4.37. The number of halogens is 1. The Balaban J connectivity index is 0.00000441. The van der Waals surface area contributed by atoms with E-state index < -0.39 is 0 Å². The van der Waals surface area contributed by atoms with Gasteiger partial charge in [-0.05, 0) is 31.0 Å². The molecule has 22 heavy (non-hydrogen) atoms. The van der Waals surface area contributed by atoms with Crippen LogP contribution in [0.5, 0.6) is 0 Å². The number of hydrogen-bond donors (Lipinski definition) is 2. The van der Waals surface area contributed by atoms with Gasteiger partial charge in [0.25, 0.3) is 0 Å². The van der Waals surface area contributed by atoms with E-state index in [4.69, 9.17) is 10.5 Å². The van der Waals surface area contributed by atoms with Gasteiger partial charge in [-0.15, -0.1) is 24.0 Å². The van der Waals surface area contributed by atoms with Crippen LogP contribution in [0.1, 0.15) is 29.3 Å². The maximum absolute atomic E-state index is 11.4. The van der Waals surface area contributed by atoms with Crippen LogP contribution in [-0.4, -0.2) is 38.8 Å². The van der Waals surface area contributed by atoms with E-state index in [-0.39, 0.29) is 29.9 Å². The topological polar surface area (TPSA) is 85.9 Å². The van der Waals surface area contributed by atoms with Gasteiger partial charge < -0.3 is 20.5 Å². The minimum atomic E-state index is -0.358. The van der Waals surface area contributed by atoms with Crippen molar-refractivity contribution in [2.75, 3.05) is 26.9 Å². The number of ether oxygens (including phenoxy) is 2. The standard InChI is InChI=1S/C15H23N3O3.HI/c1-3-21-9-5-8-17-15(16)18-11-12-6-4-7-13(10-12)14(19)20-2;/h4,6-7,10H,3,5,8-9,11H2,1-2H3,(H3,16,17,18);1H. The molecule has 124 valence electrons. The highest BCUT2D eigenvalue weighted by atomic mass is 127. The zero-order valence-electron chi connectivity index (χ0n) is 13.0. The van der Waals surface area contributed by atoms with Gasteiger partial charge in [-0.25, -0.2) is 9.79 Å². The molecule has 0 amide bonds. The molecule has 0 bridgehead atoms. The van der Waals surface area contributed by atoms with E-state index in [0.717, 1.165) is 25.1 Å². The molecule has 0 radical (unpaired) electrons. The first kappa shape index (κ1) is 20.6. The molecule has 0 saturated heterocycles. The molecule has 0 aliphatic rings. The number of hydrogen-bond acceptors (Lipinski definition) is 4. The number of carbonyl (C=O) groups excluding carboxylic acids is 1. The quantitative estimate of drug-likeness (QED) is 0.220. The third-order valence-electron chi connectivity index (χ3n) is 2.76. The van der Waals surface area contributed by atoms with Crippen molar-refractivity contribution in [3.05, 3.63) is 35.4 Å². The molecule has 7 heteroatoms. The van der Waals surface area contributed by atoms with Crippen LogP contribution in [0.25, 0.3) is 0 Å². The number of aliphatic imine (C=N–C) groups is 1. The van der Waals surface area contributed by atoms with E-state index in [1.165, 1.54) is 7.11 Å². The molecule has 1 rings (SSSR count). The van der Waals surface area contributed by atoms with Crippen molar-refractivity contribution in [1.29, 1.82) is 0 Å². The highest BCUT2D eigenvalue weighted by Gasteiger charge is 2.05. The van der Waals surface area contributed by atoms with Crippen molar-refractivity contribution in [1.82, 2.24) is 5.32 Å². The molecule has 0 unspecified atom stereocenters. The van der Waals surface area contributed by atoms with Crippen LogP contribution in [0.3, 0.4) is 0 Å². The van der Waals surface area contributed by atoms with E-state index >= 15 is 0 Å². The molecule has 0 aliphatic heterocycles. The first-order valence-corrected chi connectivity index (χ1v) is 6.96. The highest BCUT2D eigenvalue weighted by molar-refractivity contribution is 14.0. The minimum Gasteiger partial charge on any atom is -0.465 e. The molecular weight excluding hydrogens is 397 g/mol. The SMILES string of the molecule is CCOCCCNC(N)=NCc1cccc(C(=O)OC)c1.I. The first-order valence-electron chi connectivity index (χ1n) is 6.96. The number of guanidine groups is 1. The molecule has 0 atom stereocenters. The second kappa shape index (κ2) is 12.2. The summed E-state index contributed by atoms with van der Waals surface area (Å²) >= 11 is 0. The fourth-order valence-electron chi connectivity index (χ4n) is 1.68. The maximum atomic E-state index is 11.4. The van der Waals surface area contributed by atoms with Crippen LogP contribution < -0.4 is 11.1 Å². The summed E-state index contributed by atoms with van der Waals surface area (Å²) in [6, 6.07) is 7.13. The summed E-state index contributed by atoms with van der Waals surface area (Å²) in [6.07, 6.45) is 0.877. The van der Waals surface area contributed by atoms with Crippen LogP contribution in [0.4, 0.5) is 0 Å². The Labute approximate surface area is 148 Å². The molecule has 0 heterocycles. The Bertz CT molecular complexity index is 481. The van der Waals surface area contributed by atoms with Gasteiger partial charge in [-0.2, -0.15) is 0 Å². The first-order chi connectivity index (χ1) is 10.2. The van der Waals surface area contributed by atoms with Crippen molar-refractivity contribution < 1.29 is 14.3 Å². The summed E-state index contributed by atoms with van der Waals surface area (Å²) in [5, 5.41) is 3.02. The Morgan fingerprint density at radius 1 is 1.41 bits per heavy atom. The molecule has 6 nitrogen and oxygen atoms in total. The number of nitrogens with two attached hydrogens (primary N) is 1. The van der Waals surface area contributed by atoms with Crippen molar-refractivity contribution in [2.24, 2.45) is 10.7 Å². The van der Waals surface area contributed by atoms with Crippen LogP contribution in [0.2, 0.25) is 0 Å². The largest absolute Gasteiger partial charge is 0.465 e. The maximum Gasteiger partial charge on any atom is 0.337 e. The molecule has 0 saturated carbocycles. The zero-order chi connectivity index (χ0) is 15.5. The van der Waals surface area contributed by atoms with Gasteiger partial charge in [0.1, 0.15) is 0 Å². The molecule has 1 aromatic rings. The molecule has 0 aliphatic carbocycles. The van der Waals surface area contributed by atoms with Crippen molar-refractivity contribution in [2.45, 2.75) is 19.9 Å². The van der Waals surface area contributed by atoms with Gasteiger partial charge in [0, 0.05) is 19.8 Å². The fourth-order valence-corrected chi connectivity index (χ4v) is 1.68. The van der Waals surface area contributed by atoms with Crippen molar-refractivity contribution >= 4 is 35.9 Å². The van der Waals surface area contributed by atoms with Crippen LogP contribution >= 0.6 is 24.0 Å². The lowest BCUT2D eigenvalue weighted by Crippen LogP contribution is -2.32. The molecule has 0 fully saturated rings. The smallest absolute Gasteiger partial charge is 0.337 e. The summed E-state index contributed by atoms with van der Waals surface area (Å²) in [7, 11) is 1.36. The van der Waals surface area contributed by atoms with Crippen LogP contribution in [0, 0.1) is 0 Å². The Kier molecular flexibility index (Phi) is 11.5. The Hall–Kier alpha value is -1.35. The number of carbonyl (C=O) groups is 1. The van der Waals surface area contributed by atoms with Gasteiger partial charge >= 0.3 is 5.97 Å². The molecule has 0 spiro atoms. The highest BCUT2D eigenvalue weighted by Crippen LogP contribution is 2.07. The summed E-state index contributed by atoms with van der Waals surface area (Å²) in [5.74, 6) is 0.0258. The summed E-state index contributed by atoms with van der Waals surface area (Å²) in [6.45, 7) is 4.52.